The van der Waals surface area contributed by atoms with Gasteiger partial charge < -0.3 is 14.0 Å². The minimum absolute atomic E-state index is 0.0683. The highest BCUT2D eigenvalue weighted by Crippen LogP contribution is 2.23. The Hall–Kier alpha value is -2.56. The molecule has 0 fully saturated rings. The van der Waals surface area contributed by atoms with E-state index in [-0.39, 0.29) is 12.4 Å². The van der Waals surface area contributed by atoms with E-state index in [0.717, 1.165) is 17.7 Å². The molecule has 0 aliphatic carbocycles. The van der Waals surface area contributed by atoms with E-state index in [4.69, 9.17) is 9.47 Å². The Morgan fingerprint density at radius 3 is 2.52 bits per heavy atom. The Bertz CT molecular complexity index is 789. The first-order valence-corrected chi connectivity index (χ1v) is 8.48. The fourth-order valence-electron chi connectivity index (χ4n) is 2.95. The molecule has 0 aliphatic heterocycles. The second-order valence-corrected chi connectivity index (χ2v) is 5.93. The van der Waals surface area contributed by atoms with Crippen LogP contribution in [-0.4, -0.2) is 29.5 Å². The van der Waals surface area contributed by atoms with Crippen LogP contribution >= 0.6 is 0 Å². The van der Waals surface area contributed by atoms with Gasteiger partial charge in [0, 0.05) is 18.3 Å². The number of ether oxygens (including phenoxy) is 2. The van der Waals surface area contributed by atoms with Crippen molar-refractivity contribution < 1.29 is 19.1 Å². The zero-order chi connectivity index (χ0) is 18.6. The van der Waals surface area contributed by atoms with Crippen LogP contribution < -0.4 is 4.74 Å². The first-order valence-electron chi connectivity index (χ1n) is 8.48. The Kier molecular flexibility index (Phi) is 6.02. The Morgan fingerprint density at radius 1 is 1.16 bits per heavy atom. The average molecular weight is 343 g/mol. The molecule has 0 saturated carbocycles. The normalized spacial score (nSPS) is 10.6. The fraction of sp³-hybridized carbons (Fsp3) is 0.400. The molecule has 0 atom stereocenters. The number of benzene rings is 1. The highest BCUT2D eigenvalue weighted by Gasteiger charge is 2.25. The van der Waals surface area contributed by atoms with Crippen molar-refractivity contribution in [3.8, 4) is 5.75 Å². The summed E-state index contributed by atoms with van der Waals surface area (Å²) in [5.74, 6) is 0.105. The molecule has 134 valence electrons. The monoisotopic (exact) mass is 343 g/mol. The van der Waals surface area contributed by atoms with Gasteiger partial charge in [0.1, 0.15) is 11.4 Å². The minimum Gasteiger partial charge on any atom is -0.485 e. The van der Waals surface area contributed by atoms with Crippen LogP contribution in [0.4, 0.5) is 0 Å². The maximum Gasteiger partial charge on any atom is 0.355 e. The smallest absolute Gasteiger partial charge is 0.355 e. The summed E-state index contributed by atoms with van der Waals surface area (Å²) in [5.41, 5.74) is 3.46. The van der Waals surface area contributed by atoms with Crippen molar-refractivity contribution >= 4 is 11.8 Å². The second kappa shape index (κ2) is 8.01. The fourth-order valence-corrected chi connectivity index (χ4v) is 2.95. The van der Waals surface area contributed by atoms with Crippen molar-refractivity contribution in [3.05, 3.63) is 52.3 Å². The van der Waals surface area contributed by atoms with Crippen LogP contribution in [0.1, 0.15) is 51.5 Å². The van der Waals surface area contributed by atoms with Crippen molar-refractivity contribution in [3.63, 3.8) is 0 Å². The van der Waals surface area contributed by atoms with Gasteiger partial charge in [0.2, 0.25) is 5.78 Å². The molecule has 1 aromatic heterocycles. The third-order valence-electron chi connectivity index (χ3n) is 4.35. The number of aromatic nitrogens is 1. The summed E-state index contributed by atoms with van der Waals surface area (Å²) < 4.78 is 12.5. The highest BCUT2D eigenvalue weighted by molar-refractivity contribution is 6.03. The number of rotatable bonds is 7. The lowest BCUT2D eigenvalue weighted by molar-refractivity contribution is 0.0514. The summed E-state index contributed by atoms with van der Waals surface area (Å²) in [4.78, 5) is 24.8. The predicted octanol–water partition coefficient (Wildman–Crippen LogP) is 3.64. The van der Waals surface area contributed by atoms with E-state index in [2.05, 4.69) is 6.92 Å². The van der Waals surface area contributed by atoms with Gasteiger partial charge in [-0.3, -0.25) is 4.79 Å². The lowest BCUT2D eigenvalue weighted by atomic mass is 10.1. The third-order valence-corrected chi connectivity index (χ3v) is 4.35. The SMILES string of the molecule is CCOC(=O)c1c(C)c(C(=O)COc2cccc(CC)c2)c(C)n1C. The molecule has 0 unspecified atom stereocenters. The van der Waals surface area contributed by atoms with Crippen LogP contribution in [0, 0.1) is 13.8 Å². The molecular formula is C20H25NO4. The molecule has 1 aromatic carbocycles. The van der Waals surface area contributed by atoms with Gasteiger partial charge >= 0.3 is 5.97 Å². The third kappa shape index (κ3) is 3.92. The molecule has 0 bridgehead atoms. The number of carbonyl (C=O) groups excluding carboxylic acids is 2. The lowest BCUT2D eigenvalue weighted by Gasteiger charge is -2.07. The molecule has 5 heteroatoms. The van der Waals surface area contributed by atoms with E-state index >= 15 is 0 Å². The minimum atomic E-state index is -0.416. The van der Waals surface area contributed by atoms with Gasteiger partial charge in [-0.2, -0.15) is 0 Å². The van der Waals surface area contributed by atoms with Gasteiger partial charge in [-0.15, -0.1) is 0 Å². The summed E-state index contributed by atoms with van der Waals surface area (Å²) in [6, 6.07) is 7.70. The number of carbonyl (C=O) groups is 2. The topological polar surface area (TPSA) is 57.5 Å². The molecule has 0 spiro atoms. The molecule has 2 aromatic rings. The van der Waals surface area contributed by atoms with Gasteiger partial charge in [-0.05, 0) is 50.5 Å². The van der Waals surface area contributed by atoms with Crippen LogP contribution in [0.2, 0.25) is 0 Å². The number of esters is 1. The zero-order valence-corrected chi connectivity index (χ0v) is 15.5. The largest absolute Gasteiger partial charge is 0.485 e. The zero-order valence-electron chi connectivity index (χ0n) is 15.5. The van der Waals surface area contributed by atoms with Gasteiger partial charge in [0.25, 0.3) is 0 Å². The first kappa shape index (κ1) is 18.8. The van der Waals surface area contributed by atoms with E-state index in [1.807, 2.05) is 31.2 Å². The lowest BCUT2D eigenvalue weighted by Crippen LogP contribution is -2.14. The summed E-state index contributed by atoms with van der Waals surface area (Å²) in [7, 11) is 1.76. The van der Waals surface area contributed by atoms with E-state index in [1.54, 1.807) is 25.5 Å². The molecule has 0 saturated heterocycles. The van der Waals surface area contributed by atoms with E-state index < -0.39 is 5.97 Å². The van der Waals surface area contributed by atoms with Crippen LogP contribution in [0.5, 0.6) is 5.75 Å². The second-order valence-electron chi connectivity index (χ2n) is 5.93. The van der Waals surface area contributed by atoms with Crippen LogP contribution in [-0.2, 0) is 18.2 Å². The van der Waals surface area contributed by atoms with Crippen LogP contribution in [0.15, 0.2) is 24.3 Å². The Balaban J connectivity index is 2.21. The molecule has 2 rings (SSSR count). The van der Waals surface area contributed by atoms with E-state index in [0.29, 0.717) is 29.2 Å². The Labute approximate surface area is 148 Å². The molecule has 1 heterocycles. The molecule has 0 aliphatic rings. The summed E-state index contributed by atoms with van der Waals surface area (Å²) in [6.45, 7) is 7.64. The molecule has 0 radical (unpaired) electrons. The maximum atomic E-state index is 12.7. The van der Waals surface area contributed by atoms with Crippen LogP contribution in [0.25, 0.3) is 0 Å². The van der Waals surface area contributed by atoms with Crippen molar-refractivity contribution in [2.75, 3.05) is 13.2 Å². The van der Waals surface area contributed by atoms with Crippen molar-refractivity contribution in [1.82, 2.24) is 4.57 Å². The molecule has 5 nitrogen and oxygen atoms in total. The molecule has 0 N–H and O–H groups in total. The predicted molar refractivity (Wildman–Crippen MR) is 96.5 cm³/mol. The van der Waals surface area contributed by atoms with Gasteiger partial charge in [-0.1, -0.05) is 19.1 Å². The van der Waals surface area contributed by atoms with Crippen molar-refractivity contribution in [2.24, 2.45) is 7.05 Å². The number of Topliss-reactive ketones (excluding diaryl/α,β-unsaturated/α-hetero) is 1. The van der Waals surface area contributed by atoms with Gasteiger partial charge in [0.05, 0.1) is 6.61 Å². The number of aryl methyl sites for hydroxylation is 1. The number of hydrogen-bond donors (Lipinski definition) is 0. The summed E-state index contributed by atoms with van der Waals surface area (Å²) in [6.07, 6.45) is 0.908. The molecule has 25 heavy (non-hydrogen) atoms. The van der Waals surface area contributed by atoms with Gasteiger partial charge in [0.15, 0.2) is 6.61 Å². The standard InChI is InChI=1S/C20H25NO4/c1-6-15-9-8-10-16(11-15)25-12-17(22)18-13(3)19(20(23)24-7-2)21(5)14(18)4/h8-11H,6-7,12H2,1-5H3. The van der Waals surface area contributed by atoms with Crippen molar-refractivity contribution in [1.29, 1.82) is 0 Å². The number of hydrogen-bond acceptors (Lipinski definition) is 4. The van der Waals surface area contributed by atoms with E-state index in [9.17, 15) is 9.59 Å². The summed E-state index contributed by atoms with van der Waals surface area (Å²) >= 11 is 0. The number of ketones is 1. The summed E-state index contributed by atoms with van der Waals surface area (Å²) in [5, 5.41) is 0. The first-order chi connectivity index (χ1) is 11.9. The average Bonchev–Trinajstić information content (AvgIpc) is 2.82. The Morgan fingerprint density at radius 2 is 1.88 bits per heavy atom. The molecular weight excluding hydrogens is 318 g/mol. The quantitative estimate of drug-likeness (QED) is 0.569. The van der Waals surface area contributed by atoms with Gasteiger partial charge in [-0.25, -0.2) is 4.79 Å². The van der Waals surface area contributed by atoms with Crippen LogP contribution in [0.3, 0.4) is 0 Å². The maximum absolute atomic E-state index is 12.7. The van der Waals surface area contributed by atoms with Crippen molar-refractivity contribution in [2.45, 2.75) is 34.1 Å². The highest BCUT2D eigenvalue weighted by atomic mass is 16.5. The number of nitrogens with zero attached hydrogens (tertiary/aromatic N) is 1. The van der Waals surface area contributed by atoms with E-state index in [1.165, 1.54) is 0 Å². The molecule has 0 amide bonds.